The standard InChI is InChI=1S/C16H21Cl/c1-12(2)15-9-8-14(7-5-6-10-17)16(11-15)13(3)4/h8-9,11-13H,6,10H2,1-4H3. The van der Waals surface area contributed by atoms with Crippen LogP contribution in [-0.4, -0.2) is 5.88 Å². The van der Waals surface area contributed by atoms with Crippen molar-refractivity contribution in [2.75, 3.05) is 5.88 Å². The Morgan fingerprint density at radius 2 is 1.82 bits per heavy atom. The second kappa shape index (κ2) is 6.72. The second-order valence-corrected chi connectivity index (χ2v) is 5.27. The maximum atomic E-state index is 5.63. The maximum Gasteiger partial charge on any atom is 0.0333 e. The van der Waals surface area contributed by atoms with Crippen LogP contribution in [0.15, 0.2) is 18.2 Å². The second-order valence-electron chi connectivity index (χ2n) is 4.90. The summed E-state index contributed by atoms with van der Waals surface area (Å²) in [5.74, 6) is 8.02. The zero-order chi connectivity index (χ0) is 12.8. The van der Waals surface area contributed by atoms with Gasteiger partial charge in [-0.25, -0.2) is 0 Å². The van der Waals surface area contributed by atoms with Gasteiger partial charge in [0.2, 0.25) is 0 Å². The highest BCUT2D eigenvalue weighted by atomic mass is 35.5. The third kappa shape index (κ3) is 4.10. The lowest BCUT2D eigenvalue weighted by molar-refractivity contribution is 0.831. The molecule has 0 nitrogen and oxygen atoms in total. The van der Waals surface area contributed by atoms with Crippen LogP contribution in [0, 0.1) is 11.8 Å². The van der Waals surface area contributed by atoms with Gasteiger partial charge in [-0.05, 0) is 29.0 Å². The summed E-state index contributed by atoms with van der Waals surface area (Å²) in [5.41, 5.74) is 3.88. The average Bonchev–Trinajstić information content (AvgIpc) is 2.29. The van der Waals surface area contributed by atoms with Crippen molar-refractivity contribution in [3.8, 4) is 11.8 Å². The first kappa shape index (κ1) is 14.1. The van der Waals surface area contributed by atoms with E-state index < -0.39 is 0 Å². The van der Waals surface area contributed by atoms with Crippen LogP contribution in [-0.2, 0) is 0 Å². The van der Waals surface area contributed by atoms with Crippen molar-refractivity contribution in [3.63, 3.8) is 0 Å². The van der Waals surface area contributed by atoms with Gasteiger partial charge in [-0.3, -0.25) is 0 Å². The van der Waals surface area contributed by atoms with E-state index in [1.807, 2.05) is 0 Å². The Kier molecular flexibility index (Phi) is 5.59. The zero-order valence-electron chi connectivity index (χ0n) is 11.2. The van der Waals surface area contributed by atoms with Crippen molar-refractivity contribution < 1.29 is 0 Å². The molecule has 1 heteroatoms. The van der Waals surface area contributed by atoms with Crippen LogP contribution in [0.3, 0.4) is 0 Å². The van der Waals surface area contributed by atoms with E-state index in [-0.39, 0.29) is 0 Å². The third-order valence-corrected chi connectivity index (χ3v) is 3.00. The largest absolute Gasteiger partial charge is 0.126 e. The molecule has 1 rings (SSSR count). The van der Waals surface area contributed by atoms with Crippen molar-refractivity contribution in [3.05, 3.63) is 34.9 Å². The van der Waals surface area contributed by atoms with E-state index in [0.29, 0.717) is 17.7 Å². The van der Waals surface area contributed by atoms with E-state index in [0.717, 1.165) is 12.0 Å². The van der Waals surface area contributed by atoms with Crippen molar-refractivity contribution in [1.82, 2.24) is 0 Å². The summed E-state index contributed by atoms with van der Waals surface area (Å²) >= 11 is 5.63. The Morgan fingerprint density at radius 3 is 2.35 bits per heavy atom. The Balaban J connectivity index is 3.10. The molecule has 0 unspecified atom stereocenters. The Morgan fingerprint density at radius 1 is 1.12 bits per heavy atom. The van der Waals surface area contributed by atoms with Crippen molar-refractivity contribution >= 4 is 11.6 Å². The van der Waals surface area contributed by atoms with Gasteiger partial charge in [-0.2, -0.15) is 0 Å². The highest BCUT2D eigenvalue weighted by molar-refractivity contribution is 6.18. The van der Waals surface area contributed by atoms with Gasteiger partial charge < -0.3 is 0 Å². The lowest BCUT2D eigenvalue weighted by Gasteiger charge is -2.13. The fraction of sp³-hybridized carbons (Fsp3) is 0.500. The Bertz CT molecular complexity index is 419. The Hall–Kier alpha value is -0.930. The topological polar surface area (TPSA) is 0 Å². The summed E-state index contributed by atoms with van der Waals surface area (Å²) < 4.78 is 0. The van der Waals surface area contributed by atoms with E-state index in [1.165, 1.54) is 11.1 Å². The van der Waals surface area contributed by atoms with Crippen LogP contribution >= 0.6 is 11.6 Å². The van der Waals surface area contributed by atoms with E-state index in [4.69, 9.17) is 11.6 Å². The number of hydrogen-bond acceptors (Lipinski definition) is 0. The molecule has 0 aliphatic carbocycles. The van der Waals surface area contributed by atoms with Gasteiger partial charge in [0.05, 0.1) is 0 Å². The summed E-state index contributed by atoms with van der Waals surface area (Å²) in [6.45, 7) is 8.87. The van der Waals surface area contributed by atoms with Gasteiger partial charge in [0.1, 0.15) is 0 Å². The minimum Gasteiger partial charge on any atom is -0.126 e. The predicted molar refractivity (Wildman–Crippen MR) is 76.8 cm³/mol. The van der Waals surface area contributed by atoms with Gasteiger partial charge in [0, 0.05) is 17.9 Å². The molecule has 0 fully saturated rings. The molecule has 1 aromatic carbocycles. The van der Waals surface area contributed by atoms with Crippen LogP contribution in [0.2, 0.25) is 0 Å². The first-order valence-corrected chi connectivity index (χ1v) is 6.78. The summed E-state index contributed by atoms with van der Waals surface area (Å²) in [6.07, 6.45) is 0.755. The van der Waals surface area contributed by atoms with Crippen LogP contribution in [0.1, 0.15) is 62.6 Å². The van der Waals surface area contributed by atoms with E-state index in [9.17, 15) is 0 Å². The minimum absolute atomic E-state index is 0.508. The van der Waals surface area contributed by atoms with Crippen molar-refractivity contribution in [2.45, 2.75) is 46.0 Å². The molecule has 0 aromatic heterocycles. The molecule has 0 radical (unpaired) electrons. The molecule has 0 aliphatic rings. The first-order valence-electron chi connectivity index (χ1n) is 6.25. The molecule has 0 spiro atoms. The van der Waals surface area contributed by atoms with Crippen LogP contribution in [0.25, 0.3) is 0 Å². The number of halogens is 1. The molecular formula is C16H21Cl. The van der Waals surface area contributed by atoms with Crippen LogP contribution < -0.4 is 0 Å². The van der Waals surface area contributed by atoms with Crippen molar-refractivity contribution in [1.29, 1.82) is 0 Å². The zero-order valence-corrected chi connectivity index (χ0v) is 11.9. The maximum absolute atomic E-state index is 5.63. The molecule has 0 heterocycles. The molecule has 92 valence electrons. The molecule has 0 saturated carbocycles. The van der Waals surface area contributed by atoms with Gasteiger partial charge in [-0.1, -0.05) is 51.7 Å². The van der Waals surface area contributed by atoms with Gasteiger partial charge in [0.25, 0.3) is 0 Å². The fourth-order valence-corrected chi connectivity index (χ4v) is 1.83. The summed E-state index contributed by atoms with van der Waals surface area (Å²) in [7, 11) is 0. The van der Waals surface area contributed by atoms with Gasteiger partial charge >= 0.3 is 0 Å². The number of benzene rings is 1. The smallest absolute Gasteiger partial charge is 0.0333 e. The molecule has 17 heavy (non-hydrogen) atoms. The highest BCUT2D eigenvalue weighted by Gasteiger charge is 2.08. The van der Waals surface area contributed by atoms with Crippen LogP contribution in [0.4, 0.5) is 0 Å². The quantitative estimate of drug-likeness (QED) is 0.527. The molecule has 0 N–H and O–H groups in total. The molecule has 0 aliphatic heterocycles. The molecule has 0 saturated heterocycles. The summed E-state index contributed by atoms with van der Waals surface area (Å²) in [6, 6.07) is 6.62. The summed E-state index contributed by atoms with van der Waals surface area (Å²) in [4.78, 5) is 0. The number of hydrogen-bond donors (Lipinski definition) is 0. The number of rotatable bonds is 3. The normalized spacial score (nSPS) is 10.5. The summed E-state index contributed by atoms with van der Waals surface area (Å²) in [5, 5.41) is 0. The average molecular weight is 249 g/mol. The third-order valence-electron chi connectivity index (χ3n) is 2.81. The highest BCUT2D eigenvalue weighted by Crippen LogP contribution is 2.24. The molecule has 0 bridgehead atoms. The fourth-order valence-electron chi connectivity index (χ4n) is 1.74. The minimum atomic E-state index is 0.508. The van der Waals surface area contributed by atoms with E-state index in [2.05, 4.69) is 57.7 Å². The van der Waals surface area contributed by atoms with Gasteiger partial charge in [-0.15, -0.1) is 11.6 Å². The lowest BCUT2D eigenvalue weighted by Crippen LogP contribution is -1.96. The predicted octanol–water partition coefficient (Wildman–Crippen LogP) is 4.91. The number of alkyl halides is 1. The Labute approximate surface area is 110 Å². The lowest BCUT2D eigenvalue weighted by atomic mass is 9.92. The van der Waals surface area contributed by atoms with Crippen LogP contribution in [0.5, 0.6) is 0 Å². The SMILES string of the molecule is CC(C)c1ccc(C#CCCCl)c(C(C)C)c1. The molecule has 1 aromatic rings. The first-order chi connectivity index (χ1) is 8.06. The molecule has 0 atom stereocenters. The van der Waals surface area contributed by atoms with Crippen molar-refractivity contribution in [2.24, 2.45) is 0 Å². The monoisotopic (exact) mass is 248 g/mol. The van der Waals surface area contributed by atoms with E-state index >= 15 is 0 Å². The van der Waals surface area contributed by atoms with E-state index in [1.54, 1.807) is 0 Å². The molecular weight excluding hydrogens is 228 g/mol. The van der Waals surface area contributed by atoms with Gasteiger partial charge in [0.15, 0.2) is 0 Å². The molecule has 0 amide bonds.